The molecule has 0 aromatic heterocycles. The summed E-state index contributed by atoms with van der Waals surface area (Å²) in [5.41, 5.74) is 5.21. The average molecular weight is 519 g/mol. The van der Waals surface area contributed by atoms with Crippen LogP contribution in [-0.4, -0.2) is 82.7 Å². The van der Waals surface area contributed by atoms with Crippen LogP contribution in [-0.2, 0) is 23.9 Å². The Labute approximate surface area is 184 Å². The summed E-state index contributed by atoms with van der Waals surface area (Å²) in [5, 5.41) is 16.4. The number of carbonyl (C=O) groups excluding carboxylic acids is 2. The molecule has 0 aliphatic heterocycles. The summed E-state index contributed by atoms with van der Waals surface area (Å²) in [7, 11) is -0.706. The molecule has 0 saturated carbocycles. The lowest BCUT2D eigenvalue weighted by molar-refractivity contribution is -0.269. The van der Waals surface area contributed by atoms with Crippen molar-refractivity contribution in [1.82, 2.24) is 10.6 Å². The first-order chi connectivity index (χ1) is 14.6. The number of carboxylic acid groups (broad SMARTS) is 2. The molecule has 186 valence electrons. The molecule has 6 N–H and O–H groups in total. The van der Waals surface area contributed by atoms with Gasteiger partial charge in [-0.25, -0.2) is 4.39 Å². The average Bonchev–Trinajstić information content (AvgIpc) is 2.66. The van der Waals surface area contributed by atoms with Crippen LogP contribution < -0.4 is 16.4 Å². The predicted molar refractivity (Wildman–Crippen MR) is 99.3 cm³/mol. The van der Waals surface area contributed by atoms with Gasteiger partial charge in [0.2, 0.25) is 17.9 Å². The molecule has 0 radical (unpaired) electrons. The lowest BCUT2D eigenvalue weighted by atomic mass is 10.1. The molecule has 2 amide bonds. The number of halogens is 6. The number of aliphatic carboxylic acids is 2. The van der Waals surface area contributed by atoms with E-state index in [-0.39, 0.29) is 17.2 Å². The Morgan fingerprint density at radius 3 is 2.16 bits per heavy atom. The van der Waals surface area contributed by atoms with Gasteiger partial charge < -0.3 is 31.3 Å². The highest BCUT2D eigenvalue weighted by Crippen LogP contribution is 2.47. The maximum atomic E-state index is 13.8. The van der Waals surface area contributed by atoms with Gasteiger partial charge in [-0.1, -0.05) is 10.8 Å². The summed E-state index contributed by atoms with van der Waals surface area (Å²) in [6, 6.07) is -3.10. The Morgan fingerprint density at radius 1 is 1.09 bits per heavy atom. The summed E-state index contributed by atoms with van der Waals surface area (Å²) >= 11 is 0. The van der Waals surface area contributed by atoms with Gasteiger partial charge in [0.25, 0.3) is 0 Å². The highest BCUT2D eigenvalue weighted by molar-refractivity contribution is 8.77. The van der Waals surface area contributed by atoms with Gasteiger partial charge >= 0.3 is 23.4 Å². The molecule has 0 fully saturated rings. The van der Waals surface area contributed by atoms with Crippen LogP contribution in [0.1, 0.15) is 12.8 Å². The van der Waals surface area contributed by atoms with E-state index in [9.17, 15) is 45.5 Å². The summed E-state index contributed by atoms with van der Waals surface area (Å²) < 4.78 is 81.1. The van der Waals surface area contributed by atoms with Crippen molar-refractivity contribution < 1.29 is 60.5 Å². The van der Waals surface area contributed by atoms with E-state index in [1.165, 1.54) is 0 Å². The van der Waals surface area contributed by atoms with Crippen LogP contribution >= 0.6 is 21.6 Å². The van der Waals surface area contributed by atoms with Gasteiger partial charge in [0.15, 0.2) is 6.86 Å². The van der Waals surface area contributed by atoms with Crippen molar-refractivity contribution in [3.8, 4) is 0 Å². The third-order valence-corrected chi connectivity index (χ3v) is 5.75. The molecular formula is C14H19F6N3O7S2. The molecule has 0 saturated heterocycles. The number of nitrogens with two attached hydrogens (primary N) is 1. The third kappa shape index (κ3) is 11.6. The fourth-order valence-corrected chi connectivity index (χ4v) is 4.05. The van der Waals surface area contributed by atoms with Gasteiger partial charge in [0.1, 0.15) is 18.6 Å². The smallest absolute Gasteiger partial charge is 0.421 e. The molecule has 0 heterocycles. The summed E-state index contributed by atoms with van der Waals surface area (Å²) in [6.07, 6.45) is -10.3. The molecule has 0 aromatic rings. The fraction of sp³-hybridized carbons (Fsp3) is 0.714. The number of hydrogen-bond donors (Lipinski definition) is 5. The van der Waals surface area contributed by atoms with E-state index in [2.05, 4.69) is 4.74 Å². The Balaban J connectivity index is 5.12. The van der Waals surface area contributed by atoms with Gasteiger partial charge in [0.05, 0.1) is 0 Å². The number of carboxylic acids is 2. The van der Waals surface area contributed by atoms with Gasteiger partial charge in [-0.2, -0.15) is 22.0 Å². The first-order valence-corrected chi connectivity index (χ1v) is 10.6. The standard InChI is InChI=1S/C14H19F6N3O7S2/c15-5-30-12(13(16,17)18)14(19,20)32-31-4-7(10(27)22-3-9(25)26)23-8(24)2-1-6(21)11(28)29/h6-7,12H,1-5,21H2,(H,22,27)(H,23,24)(H,25,26)(H,28,29)/t6-,7+,12?/m0/s1. The number of amides is 2. The molecule has 18 heteroatoms. The summed E-state index contributed by atoms with van der Waals surface area (Å²) in [5.74, 6) is -5.78. The van der Waals surface area contributed by atoms with Crippen molar-refractivity contribution in [2.24, 2.45) is 5.73 Å². The molecule has 0 aliphatic carbocycles. The lowest BCUT2D eigenvalue weighted by Crippen LogP contribution is -2.49. The van der Waals surface area contributed by atoms with Gasteiger partial charge in [0, 0.05) is 12.2 Å². The molecule has 0 aliphatic rings. The minimum absolute atomic E-state index is 0.00512. The molecule has 32 heavy (non-hydrogen) atoms. The van der Waals surface area contributed by atoms with E-state index in [1.807, 2.05) is 10.6 Å². The number of ether oxygens (including phenoxy) is 1. The number of carbonyl (C=O) groups is 4. The zero-order valence-corrected chi connectivity index (χ0v) is 17.5. The zero-order valence-electron chi connectivity index (χ0n) is 15.9. The van der Waals surface area contributed by atoms with E-state index in [4.69, 9.17) is 15.9 Å². The second-order valence-electron chi connectivity index (χ2n) is 5.84. The predicted octanol–water partition coefficient (Wildman–Crippen LogP) is 0.713. The Kier molecular flexibility index (Phi) is 12.8. The van der Waals surface area contributed by atoms with Gasteiger partial charge in [-0.15, -0.1) is 0 Å². The molecule has 0 bridgehead atoms. The van der Waals surface area contributed by atoms with Crippen molar-refractivity contribution in [2.75, 3.05) is 19.2 Å². The SMILES string of the molecule is N[C@@H](CCC(=O)N[C@H](CSSC(F)(F)C(OCF)C(F)(F)F)C(=O)NCC(=O)O)C(=O)O. The second-order valence-corrected chi connectivity index (χ2v) is 8.33. The van der Waals surface area contributed by atoms with Crippen molar-refractivity contribution in [1.29, 1.82) is 0 Å². The summed E-state index contributed by atoms with van der Waals surface area (Å²) in [4.78, 5) is 45.1. The third-order valence-electron chi connectivity index (χ3n) is 3.30. The van der Waals surface area contributed by atoms with Crippen molar-refractivity contribution >= 4 is 45.3 Å². The van der Waals surface area contributed by atoms with Crippen molar-refractivity contribution in [2.45, 2.75) is 42.5 Å². The largest absolute Gasteiger partial charge is 0.480 e. The quantitative estimate of drug-likeness (QED) is 0.154. The zero-order chi connectivity index (χ0) is 25.1. The maximum absolute atomic E-state index is 13.8. The Hall–Kier alpha value is -1.92. The second kappa shape index (κ2) is 13.6. The monoisotopic (exact) mass is 519 g/mol. The topological polar surface area (TPSA) is 168 Å². The van der Waals surface area contributed by atoms with Crippen molar-refractivity contribution in [3.63, 3.8) is 0 Å². The van der Waals surface area contributed by atoms with Crippen LogP contribution in [0, 0.1) is 0 Å². The highest BCUT2D eigenvalue weighted by Gasteiger charge is 2.58. The number of hydrogen-bond acceptors (Lipinski definition) is 8. The van der Waals surface area contributed by atoms with Crippen LogP contribution in [0.3, 0.4) is 0 Å². The first-order valence-electron chi connectivity index (χ1n) is 8.31. The van der Waals surface area contributed by atoms with Crippen LogP contribution in [0.2, 0.25) is 0 Å². The molecule has 0 spiro atoms. The highest BCUT2D eigenvalue weighted by atomic mass is 33.1. The Bertz CT molecular complexity index is 671. The molecular weight excluding hydrogens is 500 g/mol. The molecule has 3 atom stereocenters. The van der Waals surface area contributed by atoms with E-state index in [0.717, 1.165) is 0 Å². The van der Waals surface area contributed by atoms with Crippen molar-refractivity contribution in [3.05, 3.63) is 0 Å². The van der Waals surface area contributed by atoms with Crippen LogP contribution in [0.4, 0.5) is 26.3 Å². The molecule has 0 rings (SSSR count). The first kappa shape index (κ1) is 30.1. The van der Waals surface area contributed by atoms with E-state index >= 15 is 0 Å². The lowest BCUT2D eigenvalue weighted by Gasteiger charge is -2.27. The minimum atomic E-state index is -5.61. The van der Waals surface area contributed by atoms with E-state index < -0.39 is 89.7 Å². The van der Waals surface area contributed by atoms with Gasteiger partial charge in [-0.05, 0) is 17.2 Å². The number of alkyl halides is 6. The van der Waals surface area contributed by atoms with E-state index in [1.54, 1.807) is 0 Å². The Morgan fingerprint density at radius 2 is 1.69 bits per heavy atom. The minimum Gasteiger partial charge on any atom is -0.480 e. The number of nitrogens with one attached hydrogen (secondary N) is 2. The number of rotatable bonds is 15. The van der Waals surface area contributed by atoms with Crippen LogP contribution in [0.25, 0.3) is 0 Å². The molecule has 10 nitrogen and oxygen atoms in total. The van der Waals surface area contributed by atoms with Crippen LogP contribution in [0.5, 0.6) is 0 Å². The molecule has 0 aromatic carbocycles. The molecule has 1 unspecified atom stereocenters. The van der Waals surface area contributed by atoms with Gasteiger partial charge in [-0.3, -0.25) is 19.2 Å². The fourth-order valence-electron chi connectivity index (χ4n) is 1.81. The summed E-state index contributed by atoms with van der Waals surface area (Å²) in [6.45, 7) is -3.05. The van der Waals surface area contributed by atoms with Crippen LogP contribution in [0.15, 0.2) is 0 Å². The maximum Gasteiger partial charge on any atom is 0.421 e. The normalized spacial score (nSPS) is 14.8. The van der Waals surface area contributed by atoms with E-state index in [0.29, 0.717) is 0 Å².